The third-order valence-corrected chi connectivity index (χ3v) is 5.89. The first-order valence-electron chi connectivity index (χ1n) is 10.1. The summed E-state index contributed by atoms with van der Waals surface area (Å²) in [5.41, 5.74) is 2.98. The molecule has 6 nitrogen and oxygen atoms in total. The summed E-state index contributed by atoms with van der Waals surface area (Å²) in [5.74, 6) is 0.240. The maximum Gasteiger partial charge on any atom is 0.247 e. The summed E-state index contributed by atoms with van der Waals surface area (Å²) in [7, 11) is 0. The molecule has 2 atom stereocenters. The topological polar surface area (TPSA) is 87.7 Å². The number of hydrogen-bond acceptors (Lipinski definition) is 4. The second-order valence-corrected chi connectivity index (χ2v) is 8.14. The Morgan fingerprint density at radius 2 is 1.76 bits per heavy atom. The zero-order valence-corrected chi connectivity index (χ0v) is 16.3. The molecule has 2 amide bonds. The molecule has 4 rings (SSSR count). The second-order valence-electron chi connectivity index (χ2n) is 8.14. The van der Waals surface area contributed by atoms with Crippen molar-refractivity contribution in [3.8, 4) is 5.75 Å². The number of nitrogens with one attached hydrogen (secondary N) is 2. The highest BCUT2D eigenvalue weighted by molar-refractivity contribution is 5.95. The fraction of sp³-hybridized carbons (Fsp3) is 0.391. The monoisotopic (exact) mass is 394 g/mol. The third kappa shape index (κ3) is 4.59. The summed E-state index contributed by atoms with van der Waals surface area (Å²) in [5, 5.41) is 12.0. The van der Waals surface area contributed by atoms with Gasteiger partial charge in [-0.05, 0) is 54.9 Å². The molecule has 2 fully saturated rings. The van der Waals surface area contributed by atoms with Crippen LogP contribution in [0.15, 0.2) is 54.6 Å². The van der Waals surface area contributed by atoms with Gasteiger partial charge in [0, 0.05) is 6.54 Å². The summed E-state index contributed by atoms with van der Waals surface area (Å²) in [6, 6.07) is 17.6. The Bertz CT molecular complexity index is 864. The number of carbonyl (C=O) groups is 2. The van der Waals surface area contributed by atoms with Crippen LogP contribution in [0.2, 0.25) is 0 Å². The predicted molar refractivity (Wildman–Crippen MR) is 107 cm³/mol. The number of ether oxygens (including phenoxy) is 1. The molecular weight excluding hydrogens is 368 g/mol. The molecule has 2 aromatic rings. The summed E-state index contributed by atoms with van der Waals surface area (Å²) < 4.78 is 5.81. The normalized spacial score (nSPS) is 22.6. The smallest absolute Gasteiger partial charge is 0.247 e. The van der Waals surface area contributed by atoms with Gasteiger partial charge in [0.2, 0.25) is 11.8 Å². The van der Waals surface area contributed by atoms with E-state index in [-0.39, 0.29) is 5.91 Å². The summed E-state index contributed by atoms with van der Waals surface area (Å²) in [6.45, 7) is 1.16. The van der Waals surface area contributed by atoms with Crippen molar-refractivity contribution < 1.29 is 19.5 Å². The Morgan fingerprint density at radius 3 is 2.41 bits per heavy atom. The molecule has 3 N–H and O–H groups in total. The lowest BCUT2D eigenvalue weighted by atomic mass is 9.92. The Hall–Kier alpha value is -2.86. The van der Waals surface area contributed by atoms with Crippen LogP contribution in [-0.2, 0) is 22.6 Å². The van der Waals surface area contributed by atoms with Crippen LogP contribution in [0.5, 0.6) is 5.75 Å². The van der Waals surface area contributed by atoms with Crippen LogP contribution in [0.4, 0.5) is 0 Å². The van der Waals surface area contributed by atoms with E-state index in [0.29, 0.717) is 31.9 Å². The highest BCUT2D eigenvalue weighted by Crippen LogP contribution is 2.55. The van der Waals surface area contributed by atoms with Crippen LogP contribution in [0.25, 0.3) is 0 Å². The molecule has 0 bridgehead atoms. The van der Waals surface area contributed by atoms with Crippen molar-refractivity contribution in [2.24, 2.45) is 17.3 Å². The Balaban J connectivity index is 1.39. The van der Waals surface area contributed by atoms with Crippen LogP contribution >= 0.6 is 0 Å². The SMILES string of the molecule is O=C(NO)C1CC1(Cc1ccc(OCc2ccccc2)cc1)C(=O)NCC1CC1. The molecule has 2 aliphatic rings. The molecular formula is C23H26N2O4. The van der Waals surface area contributed by atoms with Gasteiger partial charge in [-0.25, -0.2) is 5.48 Å². The van der Waals surface area contributed by atoms with Gasteiger partial charge in [-0.1, -0.05) is 42.5 Å². The lowest BCUT2D eigenvalue weighted by Crippen LogP contribution is -2.38. The van der Waals surface area contributed by atoms with Crippen LogP contribution in [-0.4, -0.2) is 23.6 Å². The minimum Gasteiger partial charge on any atom is -0.489 e. The van der Waals surface area contributed by atoms with Crippen molar-refractivity contribution in [2.45, 2.75) is 32.3 Å². The molecule has 6 heteroatoms. The van der Waals surface area contributed by atoms with E-state index in [1.165, 1.54) is 0 Å². The average Bonchev–Trinajstić information content (AvgIpc) is 3.68. The van der Waals surface area contributed by atoms with E-state index < -0.39 is 17.2 Å². The quantitative estimate of drug-likeness (QED) is 0.451. The van der Waals surface area contributed by atoms with Gasteiger partial charge in [0.25, 0.3) is 0 Å². The van der Waals surface area contributed by atoms with Gasteiger partial charge in [-0.2, -0.15) is 0 Å². The van der Waals surface area contributed by atoms with Crippen LogP contribution < -0.4 is 15.5 Å². The number of amides is 2. The first-order valence-corrected chi connectivity index (χ1v) is 10.1. The van der Waals surface area contributed by atoms with Crippen molar-refractivity contribution >= 4 is 11.8 Å². The number of rotatable bonds is 9. The maximum atomic E-state index is 12.8. The van der Waals surface area contributed by atoms with Gasteiger partial charge in [0.15, 0.2) is 0 Å². The Morgan fingerprint density at radius 1 is 1.03 bits per heavy atom. The van der Waals surface area contributed by atoms with Gasteiger partial charge in [0.05, 0.1) is 11.3 Å². The fourth-order valence-electron chi connectivity index (χ4n) is 3.80. The van der Waals surface area contributed by atoms with Crippen molar-refractivity contribution in [2.75, 3.05) is 6.54 Å². The van der Waals surface area contributed by atoms with Crippen molar-refractivity contribution in [1.29, 1.82) is 0 Å². The molecule has 2 aliphatic carbocycles. The lowest BCUT2D eigenvalue weighted by molar-refractivity contribution is -0.135. The zero-order valence-electron chi connectivity index (χ0n) is 16.3. The van der Waals surface area contributed by atoms with Crippen LogP contribution in [0.3, 0.4) is 0 Å². The molecule has 0 heterocycles. The summed E-state index contributed by atoms with van der Waals surface area (Å²) in [4.78, 5) is 24.8. The largest absolute Gasteiger partial charge is 0.489 e. The number of hydroxylamine groups is 1. The molecule has 2 aromatic carbocycles. The summed E-state index contributed by atoms with van der Waals surface area (Å²) >= 11 is 0. The molecule has 2 unspecified atom stereocenters. The molecule has 0 radical (unpaired) electrons. The first kappa shape index (κ1) is 19.5. The second kappa shape index (κ2) is 8.25. The van der Waals surface area contributed by atoms with E-state index >= 15 is 0 Å². The molecule has 0 aromatic heterocycles. The lowest BCUT2D eigenvalue weighted by Gasteiger charge is -2.17. The number of carbonyl (C=O) groups excluding carboxylic acids is 2. The Kier molecular flexibility index (Phi) is 5.53. The predicted octanol–water partition coefficient (Wildman–Crippen LogP) is 2.85. The van der Waals surface area contributed by atoms with E-state index in [4.69, 9.17) is 9.94 Å². The van der Waals surface area contributed by atoms with Crippen molar-refractivity contribution in [3.63, 3.8) is 0 Å². The number of hydrogen-bond donors (Lipinski definition) is 3. The minimum absolute atomic E-state index is 0.0950. The van der Waals surface area contributed by atoms with E-state index in [0.717, 1.165) is 29.7 Å². The molecule has 0 saturated heterocycles. The fourth-order valence-corrected chi connectivity index (χ4v) is 3.80. The minimum atomic E-state index is -0.784. The highest BCUT2D eigenvalue weighted by Gasteiger charge is 2.63. The standard InChI is InChI=1S/C23H26N2O4/c26-21(25-28)20-13-23(20,22(27)24-14-17-6-7-17)12-16-8-10-19(11-9-16)29-15-18-4-2-1-3-5-18/h1-5,8-11,17,20,28H,6-7,12-15H2,(H,24,27)(H,25,26). The molecule has 152 valence electrons. The summed E-state index contributed by atoms with van der Waals surface area (Å²) in [6.07, 6.45) is 3.21. The molecule has 2 saturated carbocycles. The molecule has 29 heavy (non-hydrogen) atoms. The van der Waals surface area contributed by atoms with Crippen LogP contribution in [0.1, 0.15) is 30.4 Å². The van der Waals surface area contributed by atoms with Crippen molar-refractivity contribution in [1.82, 2.24) is 10.8 Å². The number of benzene rings is 2. The van der Waals surface area contributed by atoms with Crippen molar-refractivity contribution in [3.05, 3.63) is 65.7 Å². The molecule has 0 aliphatic heterocycles. The van der Waals surface area contributed by atoms with Gasteiger partial charge in [-0.15, -0.1) is 0 Å². The third-order valence-electron chi connectivity index (χ3n) is 5.89. The van der Waals surface area contributed by atoms with Gasteiger partial charge < -0.3 is 10.1 Å². The zero-order chi connectivity index (χ0) is 20.3. The van der Waals surface area contributed by atoms with E-state index in [9.17, 15) is 9.59 Å². The first-order chi connectivity index (χ1) is 14.1. The van der Waals surface area contributed by atoms with E-state index in [1.54, 1.807) is 5.48 Å². The van der Waals surface area contributed by atoms with Gasteiger partial charge in [0.1, 0.15) is 12.4 Å². The maximum absolute atomic E-state index is 12.8. The van der Waals surface area contributed by atoms with Gasteiger partial charge in [-0.3, -0.25) is 14.8 Å². The Labute approximate surface area is 170 Å². The van der Waals surface area contributed by atoms with Crippen LogP contribution in [0, 0.1) is 17.3 Å². The molecule has 0 spiro atoms. The van der Waals surface area contributed by atoms with E-state index in [2.05, 4.69) is 5.32 Å². The van der Waals surface area contributed by atoms with Gasteiger partial charge >= 0.3 is 0 Å². The highest BCUT2D eigenvalue weighted by atomic mass is 16.5. The van der Waals surface area contributed by atoms with E-state index in [1.807, 2.05) is 54.6 Å². The average molecular weight is 394 g/mol.